The maximum absolute atomic E-state index is 12.5. The predicted octanol–water partition coefficient (Wildman–Crippen LogP) is 1.43. The molecular weight excluding hydrogens is 240 g/mol. The summed E-state index contributed by atoms with van der Waals surface area (Å²) in [5, 5.41) is 16.4. The van der Waals surface area contributed by atoms with Crippen LogP contribution >= 0.6 is 0 Å². The number of carbonyl (C=O) groups excluding carboxylic acids is 1. The van der Waals surface area contributed by atoms with Gasteiger partial charge in [-0.2, -0.15) is 0 Å². The lowest BCUT2D eigenvalue weighted by Gasteiger charge is -2.31. The van der Waals surface area contributed by atoms with Gasteiger partial charge in [0, 0.05) is 19.0 Å². The van der Waals surface area contributed by atoms with Gasteiger partial charge in [0.05, 0.1) is 11.5 Å². The van der Waals surface area contributed by atoms with Gasteiger partial charge in [0.25, 0.3) is 0 Å². The molecule has 1 saturated heterocycles. The summed E-state index contributed by atoms with van der Waals surface area (Å²) in [6.07, 6.45) is 6.95. The summed E-state index contributed by atoms with van der Waals surface area (Å²) in [7, 11) is 0. The molecule has 0 aromatic heterocycles. The average Bonchev–Trinajstić information content (AvgIpc) is 2.88. The zero-order chi connectivity index (χ0) is 13.7. The van der Waals surface area contributed by atoms with Crippen LogP contribution in [0.4, 0.5) is 0 Å². The van der Waals surface area contributed by atoms with Crippen molar-refractivity contribution in [3.8, 4) is 0 Å². The molecule has 2 aliphatic rings. The Bertz CT molecular complexity index is 301. The van der Waals surface area contributed by atoms with Crippen LogP contribution in [0, 0.1) is 11.3 Å². The van der Waals surface area contributed by atoms with Gasteiger partial charge in [-0.15, -0.1) is 0 Å². The van der Waals surface area contributed by atoms with Crippen molar-refractivity contribution < 1.29 is 9.90 Å². The molecule has 2 fully saturated rings. The molecule has 3 N–H and O–H groups in total. The maximum atomic E-state index is 12.5. The van der Waals surface area contributed by atoms with E-state index in [4.69, 9.17) is 0 Å². The normalized spacial score (nSPS) is 35.3. The number of hydrogen-bond donors (Lipinski definition) is 3. The first-order valence-electron chi connectivity index (χ1n) is 7.85. The molecular formula is C15H28N2O2. The van der Waals surface area contributed by atoms with Gasteiger partial charge in [-0.3, -0.25) is 4.79 Å². The highest BCUT2D eigenvalue weighted by molar-refractivity contribution is 5.83. The molecule has 0 spiro atoms. The number of carbonyl (C=O) groups is 1. The summed E-state index contributed by atoms with van der Waals surface area (Å²) in [6, 6.07) is 0. The summed E-state index contributed by atoms with van der Waals surface area (Å²) in [6.45, 7) is 4.53. The predicted molar refractivity (Wildman–Crippen MR) is 75.8 cm³/mol. The van der Waals surface area contributed by atoms with Crippen molar-refractivity contribution in [2.24, 2.45) is 11.3 Å². The van der Waals surface area contributed by atoms with Crippen molar-refractivity contribution in [2.75, 3.05) is 19.6 Å². The van der Waals surface area contributed by atoms with Crippen molar-refractivity contribution in [2.45, 2.75) is 58.0 Å². The molecule has 3 atom stereocenters. The van der Waals surface area contributed by atoms with Gasteiger partial charge in [0.15, 0.2) is 0 Å². The zero-order valence-corrected chi connectivity index (χ0v) is 12.1. The van der Waals surface area contributed by atoms with Crippen molar-refractivity contribution in [1.82, 2.24) is 10.6 Å². The van der Waals surface area contributed by atoms with Gasteiger partial charge in [-0.05, 0) is 32.2 Å². The summed E-state index contributed by atoms with van der Waals surface area (Å²) in [4.78, 5) is 12.5. The third-order valence-electron chi connectivity index (χ3n) is 4.85. The average molecular weight is 268 g/mol. The molecule has 0 aromatic rings. The van der Waals surface area contributed by atoms with Gasteiger partial charge in [0.1, 0.15) is 0 Å². The van der Waals surface area contributed by atoms with Crippen molar-refractivity contribution >= 4 is 5.91 Å². The monoisotopic (exact) mass is 268 g/mol. The Morgan fingerprint density at radius 2 is 2.21 bits per heavy atom. The van der Waals surface area contributed by atoms with E-state index in [1.54, 1.807) is 0 Å². The quantitative estimate of drug-likeness (QED) is 0.707. The van der Waals surface area contributed by atoms with Crippen LogP contribution in [0.3, 0.4) is 0 Å². The number of aliphatic hydroxyl groups excluding tert-OH is 1. The van der Waals surface area contributed by atoms with Crippen LogP contribution in [0.25, 0.3) is 0 Å². The molecule has 2 rings (SSSR count). The van der Waals surface area contributed by atoms with Gasteiger partial charge >= 0.3 is 0 Å². The lowest BCUT2D eigenvalue weighted by atomic mass is 9.81. The molecule has 0 bridgehead atoms. The summed E-state index contributed by atoms with van der Waals surface area (Å²) in [5.41, 5.74) is -0.200. The minimum atomic E-state index is -0.224. The van der Waals surface area contributed by atoms with Crippen LogP contribution < -0.4 is 10.6 Å². The molecule has 0 radical (unpaired) electrons. The Hall–Kier alpha value is -0.610. The minimum Gasteiger partial charge on any atom is -0.393 e. The highest BCUT2D eigenvalue weighted by Gasteiger charge is 2.40. The molecule has 110 valence electrons. The topological polar surface area (TPSA) is 61.4 Å². The zero-order valence-electron chi connectivity index (χ0n) is 12.1. The van der Waals surface area contributed by atoms with E-state index in [2.05, 4.69) is 17.6 Å². The van der Waals surface area contributed by atoms with Crippen LogP contribution in [-0.2, 0) is 4.79 Å². The lowest BCUT2D eigenvalue weighted by Crippen LogP contribution is -2.45. The summed E-state index contributed by atoms with van der Waals surface area (Å²) in [5.74, 6) is 0.447. The number of rotatable bonds is 5. The van der Waals surface area contributed by atoms with Gasteiger partial charge in [0.2, 0.25) is 5.91 Å². The Morgan fingerprint density at radius 3 is 2.84 bits per heavy atom. The molecule has 1 aliphatic carbocycles. The Kier molecular flexibility index (Phi) is 5.22. The highest BCUT2D eigenvalue weighted by atomic mass is 16.3. The van der Waals surface area contributed by atoms with Crippen molar-refractivity contribution in [1.29, 1.82) is 0 Å². The summed E-state index contributed by atoms with van der Waals surface area (Å²) < 4.78 is 0. The van der Waals surface area contributed by atoms with E-state index in [1.165, 1.54) is 6.42 Å². The second-order valence-corrected chi connectivity index (χ2v) is 6.28. The number of hydrogen-bond acceptors (Lipinski definition) is 3. The highest BCUT2D eigenvalue weighted by Crippen LogP contribution is 2.31. The molecule has 1 amide bonds. The number of aliphatic hydroxyl groups is 1. The first-order valence-corrected chi connectivity index (χ1v) is 7.85. The summed E-state index contributed by atoms with van der Waals surface area (Å²) >= 11 is 0. The van der Waals surface area contributed by atoms with Crippen LogP contribution in [-0.4, -0.2) is 36.8 Å². The van der Waals surface area contributed by atoms with E-state index in [0.717, 1.165) is 51.6 Å². The van der Waals surface area contributed by atoms with Crippen molar-refractivity contribution in [3.05, 3.63) is 0 Å². The van der Waals surface area contributed by atoms with E-state index < -0.39 is 0 Å². The van der Waals surface area contributed by atoms with Crippen molar-refractivity contribution in [3.63, 3.8) is 0 Å². The molecule has 0 aromatic carbocycles. The van der Waals surface area contributed by atoms with Crippen LogP contribution in [0.5, 0.6) is 0 Å². The SMILES string of the molecule is CCCC1(C(=O)NCC2CCCCC2O)CCNC1. The Morgan fingerprint density at radius 1 is 1.42 bits per heavy atom. The molecule has 1 aliphatic heterocycles. The van der Waals surface area contributed by atoms with E-state index in [9.17, 15) is 9.90 Å². The Balaban J connectivity index is 1.85. The lowest BCUT2D eigenvalue weighted by molar-refractivity contribution is -0.131. The van der Waals surface area contributed by atoms with Crippen LogP contribution in [0.1, 0.15) is 51.9 Å². The van der Waals surface area contributed by atoms with Gasteiger partial charge in [-0.1, -0.05) is 26.2 Å². The molecule has 1 saturated carbocycles. The van der Waals surface area contributed by atoms with Crippen LogP contribution in [0.2, 0.25) is 0 Å². The second kappa shape index (κ2) is 6.71. The number of amides is 1. The first-order chi connectivity index (χ1) is 9.18. The van der Waals surface area contributed by atoms with E-state index in [-0.39, 0.29) is 23.3 Å². The minimum absolute atomic E-state index is 0.192. The smallest absolute Gasteiger partial charge is 0.227 e. The largest absolute Gasteiger partial charge is 0.393 e. The molecule has 4 heteroatoms. The molecule has 4 nitrogen and oxygen atoms in total. The van der Waals surface area contributed by atoms with Gasteiger partial charge in [-0.25, -0.2) is 0 Å². The van der Waals surface area contributed by atoms with E-state index in [1.807, 2.05) is 0 Å². The Labute approximate surface area is 116 Å². The first kappa shape index (κ1) is 14.8. The number of nitrogens with one attached hydrogen (secondary N) is 2. The molecule has 1 heterocycles. The third kappa shape index (κ3) is 3.48. The fraction of sp³-hybridized carbons (Fsp3) is 0.933. The van der Waals surface area contributed by atoms with Gasteiger partial charge < -0.3 is 15.7 Å². The maximum Gasteiger partial charge on any atom is 0.227 e. The van der Waals surface area contributed by atoms with E-state index in [0.29, 0.717) is 6.54 Å². The van der Waals surface area contributed by atoms with E-state index >= 15 is 0 Å². The standard InChI is InChI=1S/C15H28N2O2/c1-2-7-15(8-9-16-11-15)14(19)17-10-12-5-3-4-6-13(12)18/h12-13,16,18H,2-11H2,1H3,(H,17,19). The fourth-order valence-electron chi connectivity index (χ4n) is 3.58. The fourth-order valence-corrected chi connectivity index (χ4v) is 3.58. The molecule has 19 heavy (non-hydrogen) atoms. The second-order valence-electron chi connectivity index (χ2n) is 6.28. The molecule has 3 unspecified atom stereocenters. The van der Waals surface area contributed by atoms with Crippen LogP contribution in [0.15, 0.2) is 0 Å². The third-order valence-corrected chi connectivity index (χ3v) is 4.85.